The van der Waals surface area contributed by atoms with Crippen LogP contribution in [0.4, 0.5) is 24.7 Å². The van der Waals surface area contributed by atoms with Crippen LogP contribution in [0.15, 0.2) is 26.8 Å². The number of thiophene rings is 2. The summed E-state index contributed by atoms with van der Waals surface area (Å²) in [6.07, 6.45) is -2.20. The Bertz CT molecular complexity index is 1100. The lowest BCUT2D eigenvalue weighted by molar-refractivity contribution is -0.192. The van der Waals surface area contributed by atoms with E-state index in [4.69, 9.17) is 14.9 Å². The number of fused-ring (bicyclic) bond motifs is 1. The van der Waals surface area contributed by atoms with Crippen LogP contribution in [0.1, 0.15) is 16.8 Å². The molecule has 172 valence electrons. The van der Waals surface area contributed by atoms with E-state index in [1.165, 1.54) is 22.7 Å². The molecule has 3 aromatic heterocycles. The smallest absolute Gasteiger partial charge is 0.475 e. The van der Waals surface area contributed by atoms with Gasteiger partial charge in [-0.05, 0) is 28.9 Å². The standard InChI is InChI=1S/C16H16BrN5OS2.C2HF3O2/c17-11-8-24-9-12(11)20-15(23)10-7-25-16-14(10)21-13(6-19-16)22-4-1-2-18-3-5-22;3-2(4,5)1(6)7/h6-9,18H,1-5H2,(H,20,23);(H,6,7). The van der Waals surface area contributed by atoms with Gasteiger partial charge in [0.1, 0.15) is 16.2 Å². The summed E-state index contributed by atoms with van der Waals surface area (Å²) in [7, 11) is 0. The van der Waals surface area contributed by atoms with Crippen molar-refractivity contribution in [3.63, 3.8) is 0 Å². The van der Waals surface area contributed by atoms with Crippen molar-refractivity contribution < 1.29 is 27.9 Å². The number of hydrogen-bond acceptors (Lipinski definition) is 8. The van der Waals surface area contributed by atoms with E-state index in [2.05, 4.69) is 36.4 Å². The van der Waals surface area contributed by atoms with Crippen molar-refractivity contribution in [3.05, 3.63) is 32.4 Å². The van der Waals surface area contributed by atoms with Crippen molar-refractivity contribution >= 4 is 72.3 Å². The molecule has 1 saturated heterocycles. The fourth-order valence-corrected chi connectivity index (χ4v) is 4.90. The minimum absolute atomic E-state index is 0.158. The predicted octanol–water partition coefficient (Wildman–Crippen LogP) is 4.20. The number of carboxylic acid groups (broad SMARTS) is 1. The van der Waals surface area contributed by atoms with Gasteiger partial charge in [-0.15, -0.1) is 22.7 Å². The van der Waals surface area contributed by atoms with Crippen LogP contribution >= 0.6 is 38.6 Å². The Balaban J connectivity index is 0.000000360. The maximum Gasteiger partial charge on any atom is 0.490 e. The van der Waals surface area contributed by atoms with E-state index in [0.717, 1.165) is 53.4 Å². The van der Waals surface area contributed by atoms with Crippen molar-refractivity contribution in [2.45, 2.75) is 12.6 Å². The number of aromatic nitrogens is 2. The topological polar surface area (TPSA) is 107 Å². The summed E-state index contributed by atoms with van der Waals surface area (Å²) in [6.45, 7) is 3.80. The van der Waals surface area contributed by atoms with Gasteiger partial charge in [0.25, 0.3) is 5.91 Å². The van der Waals surface area contributed by atoms with Gasteiger partial charge in [-0.3, -0.25) is 4.79 Å². The van der Waals surface area contributed by atoms with Gasteiger partial charge in [-0.2, -0.15) is 13.2 Å². The first kappa shape index (κ1) is 24.4. The molecule has 0 bridgehead atoms. The summed E-state index contributed by atoms with van der Waals surface area (Å²) in [6, 6.07) is 0. The lowest BCUT2D eigenvalue weighted by atomic mass is 10.2. The molecular weight excluding hydrogens is 535 g/mol. The van der Waals surface area contributed by atoms with Crippen LogP contribution in [0.3, 0.4) is 0 Å². The highest BCUT2D eigenvalue weighted by Crippen LogP contribution is 2.29. The summed E-state index contributed by atoms with van der Waals surface area (Å²) in [5.41, 5.74) is 2.01. The minimum atomic E-state index is -5.08. The number of halogens is 4. The third kappa shape index (κ3) is 6.15. The van der Waals surface area contributed by atoms with Gasteiger partial charge in [-0.1, -0.05) is 0 Å². The first-order chi connectivity index (χ1) is 15.2. The summed E-state index contributed by atoms with van der Waals surface area (Å²) < 4.78 is 32.6. The molecule has 1 aliphatic rings. The maximum absolute atomic E-state index is 12.7. The molecular formula is C18H17BrF3N5O3S2. The summed E-state index contributed by atoms with van der Waals surface area (Å²) in [4.78, 5) is 33.8. The zero-order valence-electron chi connectivity index (χ0n) is 16.3. The highest BCUT2D eigenvalue weighted by atomic mass is 79.9. The van der Waals surface area contributed by atoms with Gasteiger partial charge >= 0.3 is 12.1 Å². The highest BCUT2D eigenvalue weighted by molar-refractivity contribution is 9.10. The van der Waals surface area contributed by atoms with Crippen LogP contribution < -0.4 is 15.5 Å². The van der Waals surface area contributed by atoms with Gasteiger partial charge in [0.2, 0.25) is 0 Å². The number of hydrogen-bond donors (Lipinski definition) is 3. The van der Waals surface area contributed by atoms with Gasteiger partial charge in [-0.25, -0.2) is 14.8 Å². The zero-order chi connectivity index (χ0) is 23.3. The number of nitrogens with one attached hydrogen (secondary N) is 2. The molecule has 0 unspecified atom stereocenters. The van der Waals surface area contributed by atoms with Crippen molar-refractivity contribution in [2.75, 3.05) is 36.4 Å². The largest absolute Gasteiger partial charge is 0.490 e. The molecule has 14 heteroatoms. The Hall–Kier alpha value is -2.29. The van der Waals surface area contributed by atoms with E-state index >= 15 is 0 Å². The second-order valence-electron chi connectivity index (χ2n) is 6.51. The number of alkyl halides is 3. The Morgan fingerprint density at radius 2 is 1.97 bits per heavy atom. The Labute approximate surface area is 196 Å². The van der Waals surface area contributed by atoms with E-state index in [1.54, 1.807) is 6.20 Å². The number of amides is 1. The molecule has 0 atom stereocenters. The molecule has 1 amide bonds. The molecule has 32 heavy (non-hydrogen) atoms. The maximum atomic E-state index is 12.7. The predicted molar refractivity (Wildman–Crippen MR) is 121 cm³/mol. The number of aliphatic carboxylic acids is 1. The molecule has 0 aliphatic carbocycles. The average Bonchev–Trinajstić information content (AvgIpc) is 3.23. The summed E-state index contributed by atoms with van der Waals surface area (Å²) in [5.74, 6) is -2.08. The fraction of sp³-hybridized carbons (Fsp3) is 0.333. The van der Waals surface area contributed by atoms with E-state index < -0.39 is 12.1 Å². The molecule has 3 N–H and O–H groups in total. The first-order valence-electron chi connectivity index (χ1n) is 9.20. The normalized spacial score (nSPS) is 14.4. The molecule has 4 rings (SSSR count). The van der Waals surface area contributed by atoms with Crippen molar-refractivity contribution in [2.24, 2.45) is 0 Å². The number of carbonyl (C=O) groups is 2. The van der Waals surface area contributed by atoms with Gasteiger partial charge in [0, 0.05) is 35.8 Å². The van der Waals surface area contributed by atoms with Crippen LogP contribution in [0.2, 0.25) is 0 Å². The van der Waals surface area contributed by atoms with Crippen molar-refractivity contribution in [1.29, 1.82) is 0 Å². The van der Waals surface area contributed by atoms with Crippen LogP contribution in [-0.4, -0.2) is 59.3 Å². The number of carbonyl (C=O) groups excluding carboxylic acids is 1. The lowest BCUT2D eigenvalue weighted by Gasteiger charge is -2.20. The summed E-state index contributed by atoms with van der Waals surface area (Å²) in [5, 5.41) is 19.1. The molecule has 1 aliphatic heterocycles. The average molecular weight is 552 g/mol. The van der Waals surface area contributed by atoms with Crippen LogP contribution in [0.25, 0.3) is 10.3 Å². The molecule has 0 saturated carbocycles. The Morgan fingerprint density at radius 1 is 1.22 bits per heavy atom. The van der Waals surface area contributed by atoms with Gasteiger partial charge in [0.05, 0.1) is 21.9 Å². The molecule has 1 fully saturated rings. The van der Waals surface area contributed by atoms with Crippen molar-refractivity contribution in [1.82, 2.24) is 15.3 Å². The molecule has 8 nitrogen and oxygen atoms in total. The zero-order valence-corrected chi connectivity index (χ0v) is 19.5. The number of anilines is 2. The third-order valence-corrected chi connectivity index (χ3v) is 6.86. The van der Waals surface area contributed by atoms with Crippen molar-refractivity contribution in [3.8, 4) is 0 Å². The van der Waals surface area contributed by atoms with Crippen LogP contribution in [0, 0.1) is 0 Å². The van der Waals surface area contributed by atoms with Crippen LogP contribution in [-0.2, 0) is 4.79 Å². The molecule has 0 radical (unpaired) electrons. The number of nitrogens with zero attached hydrogens (tertiary/aromatic N) is 3. The SMILES string of the molecule is O=C(Nc1cscc1Br)c1csc2ncc(N3CCCNCC3)nc12.O=C(O)C(F)(F)F. The second-order valence-corrected chi connectivity index (χ2v) is 8.97. The van der Waals surface area contributed by atoms with Crippen LogP contribution in [0.5, 0.6) is 0 Å². The molecule has 4 heterocycles. The fourth-order valence-electron chi connectivity index (χ4n) is 2.75. The molecule has 3 aromatic rings. The second kappa shape index (κ2) is 10.6. The minimum Gasteiger partial charge on any atom is -0.475 e. The highest BCUT2D eigenvalue weighted by Gasteiger charge is 2.38. The molecule has 0 spiro atoms. The Morgan fingerprint density at radius 3 is 2.62 bits per heavy atom. The monoisotopic (exact) mass is 551 g/mol. The quantitative estimate of drug-likeness (QED) is 0.447. The van der Waals surface area contributed by atoms with Gasteiger partial charge in [0.15, 0.2) is 0 Å². The van der Waals surface area contributed by atoms with E-state index in [1.807, 2.05) is 16.1 Å². The number of carboxylic acids is 1. The summed E-state index contributed by atoms with van der Waals surface area (Å²) >= 11 is 6.41. The first-order valence-corrected chi connectivity index (χ1v) is 11.8. The third-order valence-electron chi connectivity index (χ3n) is 4.28. The van der Waals surface area contributed by atoms with E-state index in [0.29, 0.717) is 11.1 Å². The van der Waals surface area contributed by atoms with Gasteiger partial charge < -0.3 is 20.6 Å². The van der Waals surface area contributed by atoms with E-state index in [9.17, 15) is 18.0 Å². The lowest BCUT2D eigenvalue weighted by Crippen LogP contribution is -2.28. The number of rotatable bonds is 3. The van der Waals surface area contributed by atoms with E-state index in [-0.39, 0.29) is 5.91 Å². The Kier molecular flexibility index (Phi) is 8.03. The molecule has 0 aromatic carbocycles.